The van der Waals surface area contributed by atoms with Crippen LogP contribution in [0.4, 0.5) is 5.95 Å². The van der Waals surface area contributed by atoms with Gasteiger partial charge >= 0.3 is 5.97 Å². The number of nitrogens with zero attached hydrogens (tertiary/aromatic N) is 2. The third kappa shape index (κ3) is 1.44. The van der Waals surface area contributed by atoms with Crippen molar-refractivity contribution >= 4 is 11.9 Å². The van der Waals surface area contributed by atoms with E-state index >= 15 is 0 Å². The molecule has 14 heavy (non-hydrogen) atoms. The van der Waals surface area contributed by atoms with Gasteiger partial charge in [-0.25, -0.2) is 9.78 Å². The van der Waals surface area contributed by atoms with Crippen LogP contribution in [0.5, 0.6) is 0 Å². The zero-order chi connectivity index (χ0) is 10.1. The molecule has 1 aromatic rings. The van der Waals surface area contributed by atoms with Gasteiger partial charge in [-0.1, -0.05) is 0 Å². The first-order chi connectivity index (χ1) is 6.70. The highest BCUT2D eigenvalue weighted by Crippen LogP contribution is 2.16. The fourth-order valence-electron chi connectivity index (χ4n) is 1.54. The van der Waals surface area contributed by atoms with Crippen LogP contribution in [0.25, 0.3) is 0 Å². The van der Waals surface area contributed by atoms with Crippen LogP contribution < -0.4 is 11.1 Å². The van der Waals surface area contributed by atoms with E-state index in [1.165, 1.54) is 6.20 Å². The summed E-state index contributed by atoms with van der Waals surface area (Å²) in [7, 11) is 0. The summed E-state index contributed by atoms with van der Waals surface area (Å²) in [6, 6.07) is 0. The lowest BCUT2D eigenvalue weighted by Gasteiger charge is -2.23. The number of rotatable bonds is 2. The Bertz CT molecular complexity index is 360. The van der Waals surface area contributed by atoms with E-state index < -0.39 is 5.97 Å². The van der Waals surface area contributed by atoms with Crippen molar-refractivity contribution in [2.45, 2.75) is 6.54 Å². The molecule has 4 N–H and O–H groups in total. The molecule has 1 aliphatic rings. The van der Waals surface area contributed by atoms with E-state index in [0.717, 1.165) is 13.1 Å². The summed E-state index contributed by atoms with van der Waals surface area (Å²) < 4.78 is 1.80. The molecule has 1 aliphatic heterocycles. The van der Waals surface area contributed by atoms with E-state index in [0.29, 0.717) is 18.4 Å². The summed E-state index contributed by atoms with van der Waals surface area (Å²) in [5.41, 5.74) is 5.61. The molecule has 6 nitrogen and oxygen atoms in total. The molecule has 0 aromatic carbocycles. The maximum absolute atomic E-state index is 10.6. The minimum Gasteiger partial charge on any atom is -0.476 e. The molecular formula is C8H12N4O2. The highest BCUT2D eigenvalue weighted by molar-refractivity contribution is 5.85. The number of nitrogens with one attached hydrogen (secondary N) is 1. The second-order valence-corrected chi connectivity index (χ2v) is 3.39. The van der Waals surface area contributed by atoms with Gasteiger partial charge in [0.1, 0.15) is 0 Å². The van der Waals surface area contributed by atoms with E-state index in [1.54, 1.807) is 4.57 Å². The van der Waals surface area contributed by atoms with E-state index in [4.69, 9.17) is 10.8 Å². The number of aromatic nitrogens is 2. The smallest absolute Gasteiger partial charge is 0.356 e. The van der Waals surface area contributed by atoms with Gasteiger partial charge in [0.25, 0.3) is 0 Å². The summed E-state index contributed by atoms with van der Waals surface area (Å²) in [5.74, 6) is -0.0385. The number of carboxylic acids is 1. The topological polar surface area (TPSA) is 93.2 Å². The van der Waals surface area contributed by atoms with Crippen molar-refractivity contribution in [2.75, 3.05) is 18.4 Å². The zero-order valence-electron chi connectivity index (χ0n) is 7.60. The number of aromatic carboxylic acids is 1. The molecule has 0 spiro atoms. The second kappa shape index (κ2) is 3.30. The number of carboxylic acid groups (broad SMARTS) is 1. The molecule has 0 aliphatic carbocycles. The van der Waals surface area contributed by atoms with Crippen molar-refractivity contribution < 1.29 is 9.90 Å². The fourth-order valence-corrected chi connectivity index (χ4v) is 1.54. The first-order valence-corrected chi connectivity index (χ1v) is 4.45. The molecule has 1 atom stereocenters. The summed E-state index contributed by atoms with van der Waals surface area (Å²) in [4.78, 5) is 14.6. The molecule has 0 amide bonds. The molecule has 0 radical (unpaired) electrons. The van der Waals surface area contributed by atoms with Gasteiger partial charge in [0, 0.05) is 25.2 Å². The second-order valence-electron chi connectivity index (χ2n) is 3.39. The van der Waals surface area contributed by atoms with Gasteiger partial charge in [-0.05, 0) is 6.54 Å². The Morgan fingerprint density at radius 3 is 3.29 bits per heavy atom. The maximum atomic E-state index is 10.6. The highest BCUT2D eigenvalue weighted by Gasteiger charge is 2.20. The van der Waals surface area contributed by atoms with Crippen molar-refractivity contribution in [3.05, 3.63) is 11.9 Å². The lowest BCUT2D eigenvalue weighted by molar-refractivity contribution is 0.0691. The lowest BCUT2D eigenvalue weighted by atomic mass is 10.1. The monoisotopic (exact) mass is 196 g/mol. The molecule has 0 fully saturated rings. The SMILES string of the molecule is NCC1CNc2nc(C(=O)O)cn2C1. The molecule has 2 heterocycles. The number of anilines is 1. The third-order valence-corrected chi connectivity index (χ3v) is 2.33. The van der Waals surface area contributed by atoms with Gasteiger partial charge in [0.05, 0.1) is 0 Å². The van der Waals surface area contributed by atoms with Gasteiger partial charge in [-0.3, -0.25) is 0 Å². The van der Waals surface area contributed by atoms with Crippen molar-refractivity contribution in [1.82, 2.24) is 9.55 Å². The standard InChI is InChI=1S/C8H12N4O2/c9-1-5-2-10-8-11-6(7(13)14)4-12(8)3-5/h4-5H,1-3,9H2,(H,10,11)(H,13,14). The van der Waals surface area contributed by atoms with Crippen LogP contribution in [0.15, 0.2) is 6.20 Å². The third-order valence-electron chi connectivity index (χ3n) is 2.33. The first-order valence-electron chi connectivity index (χ1n) is 4.45. The van der Waals surface area contributed by atoms with Crippen LogP contribution in [0, 0.1) is 5.92 Å². The average molecular weight is 196 g/mol. The quantitative estimate of drug-likeness (QED) is 0.597. The van der Waals surface area contributed by atoms with Gasteiger partial charge in [-0.15, -0.1) is 0 Å². The Kier molecular flexibility index (Phi) is 2.12. The number of hydrogen-bond acceptors (Lipinski definition) is 4. The van der Waals surface area contributed by atoms with E-state index in [9.17, 15) is 4.79 Å². The minimum atomic E-state index is -1.00. The molecule has 1 unspecified atom stereocenters. The predicted octanol–water partition coefficient (Wildman–Crippen LogP) is -0.418. The van der Waals surface area contributed by atoms with Crippen molar-refractivity contribution in [2.24, 2.45) is 11.7 Å². The Hall–Kier alpha value is -1.56. The predicted molar refractivity (Wildman–Crippen MR) is 50.2 cm³/mol. The minimum absolute atomic E-state index is 0.0742. The number of imidazole rings is 1. The number of carbonyl (C=O) groups is 1. The number of fused-ring (bicyclic) bond motifs is 1. The average Bonchev–Trinajstić information content (AvgIpc) is 2.59. The molecule has 76 valence electrons. The van der Waals surface area contributed by atoms with Crippen molar-refractivity contribution in [3.8, 4) is 0 Å². The maximum Gasteiger partial charge on any atom is 0.356 e. The largest absolute Gasteiger partial charge is 0.476 e. The van der Waals surface area contributed by atoms with Crippen LogP contribution in [0.3, 0.4) is 0 Å². The fraction of sp³-hybridized carbons (Fsp3) is 0.500. The summed E-state index contributed by atoms with van der Waals surface area (Å²) in [6.07, 6.45) is 1.53. The van der Waals surface area contributed by atoms with Crippen LogP contribution in [0.1, 0.15) is 10.5 Å². The van der Waals surface area contributed by atoms with Gasteiger partial charge in [0.15, 0.2) is 5.69 Å². The van der Waals surface area contributed by atoms with E-state index in [1.807, 2.05) is 0 Å². The molecule has 2 rings (SSSR count). The lowest BCUT2D eigenvalue weighted by Crippen LogP contribution is -2.32. The first kappa shape index (κ1) is 9.01. The summed E-state index contributed by atoms with van der Waals surface area (Å²) in [5, 5.41) is 11.8. The van der Waals surface area contributed by atoms with E-state index in [-0.39, 0.29) is 5.69 Å². The molecule has 0 bridgehead atoms. The number of nitrogens with two attached hydrogens (primary N) is 1. The number of hydrogen-bond donors (Lipinski definition) is 3. The Balaban J connectivity index is 2.25. The van der Waals surface area contributed by atoms with Crippen LogP contribution in [0.2, 0.25) is 0 Å². The van der Waals surface area contributed by atoms with Crippen molar-refractivity contribution in [1.29, 1.82) is 0 Å². The normalized spacial score (nSPS) is 19.9. The summed E-state index contributed by atoms with van der Waals surface area (Å²) >= 11 is 0. The zero-order valence-corrected chi connectivity index (χ0v) is 7.60. The molecule has 0 saturated carbocycles. The van der Waals surface area contributed by atoms with Crippen LogP contribution >= 0.6 is 0 Å². The van der Waals surface area contributed by atoms with Gasteiger partial charge in [-0.2, -0.15) is 0 Å². The van der Waals surface area contributed by atoms with Crippen molar-refractivity contribution in [3.63, 3.8) is 0 Å². The van der Waals surface area contributed by atoms with E-state index in [2.05, 4.69) is 10.3 Å². The molecule has 6 heteroatoms. The summed E-state index contributed by atoms with van der Waals surface area (Å²) in [6.45, 7) is 2.08. The Morgan fingerprint density at radius 2 is 2.64 bits per heavy atom. The molecule has 1 aromatic heterocycles. The van der Waals surface area contributed by atoms with Gasteiger partial charge in [0.2, 0.25) is 5.95 Å². The van der Waals surface area contributed by atoms with Crippen LogP contribution in [-0.2, 0) is 6.54 Å². The molecular weight excluding hydrogens is 184 g/mol. The highest BCUT2D eigenvalue weighted by atomic mass is 16.4. The molecule has 0 saturated heterocycles. The Morgan fingerprint density at radius 1 is 1.86 bits per heavy atom. The van der Waals surface area contributed by atoms with Gasteiger partial charge < -0.3 is 20.7 Å². The Labute approximate surface area is 80.7 Å². The van der Waals surface area contributed by atoms with Crippen LogP contribution in [-0.4, -0.2) is 33.7 Å².